The van der Waals surface area contributed by atoms with Gasteiger partial charge in [0.15, 0.2) is 5.96 Å². The van der Waals surface area contributed by atoms with E-state index in [1.807, 2.05) is 6.26 Å². The quantitative estimate of drug-likeness (QED) is 0.0127. The summed E-state index contributed by atoms with van der Waals surface area (Å²) in [7, 11) is 0. The first-order valence-corrected chi connectivity index (χ1v) is 33.2. The minimum Gasteiger partial charge on any atom is -0.480 e. The number of benzene rings is 1. The number of carbonyl (C=O) groups is 13. The van der Waals surface area contributed by atoms with Crippen molar-refractivity contribution in [3.8, 4) is 0 Å². The van der Waals surface area contributed by atoms with Gasteiger partial charge in [-0.15, -0.1) is 0 Å². The SMILES string of the molecule is CSCC[C@H](NC(=O)[C@H](C)N)C(=O)N[C@@H](CS)C(=O)NCC(=O)N1CCC[C@H]1C(=O)N[C@@H](CCCN=C(N)N)C(=O)N[C@@H](CS)C(=O)N[C@@H](CC(C)C)C(=O)N[C@@H](Cc1ccccc1)C(=O)N[C@@H](CC(C)C)C(=O)NCC(=O)NCC(=O)N[C@@H](CCCCN)C(=O)O. The fourth-order valence-corrected chi connectivity index (χ4v) is 10.3. The summed E-state index contributed by atoms with van der Waals surface area (Å²) in [6.07, 6.45) is 3.87. The number of thiol groups is 2. The van der Waals surface area contributed by atoms with Crippen molar-refractivity contribution in [1.82, 2.24) is 63.4 Å². The maximum Gasteiger partial charge on any atom is 0.326 e. The van der Waals surface area contributed by atoms with Gasteiger partial charge in [0.1, 0.15) is 54.4 Å². The Labute approximate surface area is 552 Å². The van der Waals surface area contributed by atoms with Crippen LogP contribution in [0.3, 0.4) is 0 Å². The van der Waals surface area contributed by atoms with Gasteiger partial charge in [0, 0.05) is 31.0 Å². The molecule has 34 heteroatoms. The third-order valence-electron chi connectivity index (χ3n) is 14.2. The fourth-order valence-electron chi connectivity index (χ4n) is 9.32. The fraction of sp³-hybridized carbons (Fsp3) is 0.655. The lowest BCUT2D eigenvalue weighted by molar-refractivity contribution is -0.142. The predicted octanol–water partition coefficient (Wildman–Crippen LogP) is -4.23. The molecule has 0 saturated carbocycles. The number of nitrogens with one attached hydrogen (secondary N) is 11. The Kier molecular flexibility index (Phi) is 38.1. The van der Waals surface area contributed by atoms with Crippen LogP contribution >= 0.6 is 37.0 Å². The van der Waals surface area contributed by atoms with Crippen LogP contribution in [0.25, 0.3) is 0 Å². The number of aliphatic carboxylic acids is 1. The topological polar surface area (TPSA) is 494 Å². The lowest BCUT2D eigenvalue weighted by Crippen LogP contribution is -2.60. The maximum absolute atomic E-state index is 14.4. The second kappa shape index (κ2) is 43.4. The third-order valence-corrected chi connectivity index (χ3v) is 15.6. The Bertz CT molecular complexity index is 2660. The van der Waals surface area contributed by atoms with Crippen LogP contribution in [0, 0.1) is 11.8 Å². The second-order valence-electron chi connectivity index (χ2n) is 23.0. The molecule has 1 aliphatic heterocycles. The van der Waals surface area contributed by atoms with Crippen LogP contribution in [0.5, 0.6) is 0 Å². The molecule has 1 aromatic rings. The first kappa shape index (κ1) is 80.7. The van der Waals surface area contributed by atoms with Crippen molar-refractivity contribution < 1.29 is 67.4 Å². The van der Waals surface area contributed by atoms with Crippen molar-refractivity contribution in [3.05, 3.63) is 35.9 Å². The molecule has 31 nitrogen and oxygen atoms in total. The molecule has 92 heavy (non-hydrogen) atoms. The Hall–Kier alpha value is -7.43. The van der Waals surface area contributed by atoms with Crippen LogP contribution in [-0.4, -0.2) is 216 Å². The monoisotopic (exact) mass is 1350 g/mol. The van der Waals surface area contributed by atoms with E-state index in [2.05, 4.69) is 88.7 Å². The molecule has 20 N–H and O–H groups in total. The van der Waals surface area contributed by atoms with Crippen molar-refractivity contribution >= 4 is 120 Å². The molecule has 1 heterocycles. The number of rotatable bonds is 43. The number of hydrogen-bond donors (Lipinski definition) is 18. The van der Waals surface area contributed by atoms with Crippen LogP contribution in [0.4, 0.5) is 0 Å². The largest absolute Gasteiger partial charge is 0.480 e. The highest BCUT2D eigenvalue weighted by Gasteiger charge is 2.38. The molecule has 1 aliphatic rings. The van der Waals surface area contributed by atoms with Crippen molar-refractivity contribution in [1.29, 1.82) is 0 Å². The molecule has 10 atom stereocenters. The zero-order valence-corrected chi connectivity index (χ0v) is 55.8. The summed E-state index contributed by atoms with van der Waals surface area (Å²) in [5, 5.41) is 37.6. The number of carboxylic acid groups (broad SMARTS) is 1. The number of carbonyl (C=O) groups excluding carboxylic acids is 12. The first-order chi connectivity index (χ1) is 43.5. The minimum atomic E-state index is -1.42. The molecular formula is C58H97N17O14S3. The number of likely N-dealkylation sites (tertiary alicyclic amines) is 1. The van der Waals surface area contributed by atoms with E-state index in [0.717, 1.165) is 0 Å². The van der Waals surface area contributed by atoms with Crippen LogP contribution in [0.1, 0.15) is 104 Å². The van der Waals surface area contributed by atoms with Gasteiger partial charge in [-0.2, -0.15) is 37.0 Å². The van der Waals surface area contributed by atoms with Gasteiger partial charge in [0.2, 0.25) is 70.9 Å². The highest BCUT2D eigenvalue weighted by molar-refractivity contribution is 7.98. The Morgan fingerprint density at radius 3 is 1.63 bits per heavy atom. The molecule has 1 aromatic carbocycles. The molecule has 0 unspecified atom stereocenters. The molecule has 0 radical (unpaired) electrons. The number of guanidine groups is 1. The summed E-state index contributed by atoms with van der Waals surface area (Å²) in [4.78, 5) is 179. The Morgan fingerprint density at radius 2 is 1.08 bits per heavy atom. The number of amides is 12. The molecule has 0 bridgehead atoms. The molecule has 516 valence electrons. The van der Waals surface area contributed by atoms with Gasteiger partial charge in [-0.25, -0.2) is 4.79 Å². The molecule has 1 saturated heterocycles. The standard InChI is InChI=1S/C58H97N17O14S3/c1-32(2)24-39(49(80)65-27-45(76)64-28-46(77)67-38(57(88)89)16-10-11-20-59)70-54(85)41(26-35-14-8-7-9-15-35)72-53(84)40(25-33(3)4)71-55(86)43(31-91)74-51(82)36(17-12-21-63-58(61)62)69-56(87)44-18-13-22-75(44)47(78)29-66-50(81)42(30-90)73-52(83)37(19-23-92-6)68-48(79)34(5)60/h7-9,14-15,32-34,36-44,90-91H,10-13,16-31,59-60H2,1-6H3,(H,64,76)(H,65,80)(H,66,81)(H,67,77)(H,68,79)(H,69,87)(H,70,85)(H,71,86)(H,72,84)(H,73,83)(H,74,82)(H,88,89)(H4,61,62,63)/t34-,36-,37-,38-,39-,40-,41-,42-,43-,44-/m0/s1. The van der Waals surface area contributed by atoms with Gasteiger partial charge in [-0.3, -0.25) is 62.5 Å². The van der Waals surface area contributed by atoms with Crippen LogP contribution in [0.15, 0.2) is 35.3 Å². The molecule has 0 spiro atoms. The second-order valence-corrected chi connectivity index (χ2v) is 24.7. The summed E-state index contributed by atoms with van der Waals surface area (Å²) in [5.41, 5.74) is 22.8. The number of thioether (sulfide) groups is 1. The smallest absolute Gasteiger partial charge is 0.326 e. The zero-order valence-electron chi connectivity index (χ0n) is 53.2. The first-order valence-electron chi connectivity index (χ1n) is 30.6. The number of hydrogen-bond acceptors (Lipinski definition) is 19. The van der Waals surface area contributed by atoms with Crippen LogP contribution in [-0.2, 0) is 68.7 Å². The highest BCUT2D eigenvalue weighted by atomic mass is 32.2. The summed E-state index contributed by atoms with van der Waals surface area (Å²) in [6.45, 7) is 7.34. The van der Waals surface area contributed by atoms with Crippen molar-refractivity contribution in [2.45, 2.75) is 166 Å². The summed E-state index contributed by atoms with van der Waals surface area (Å²) in [5.74, 6) is -10.9. The molecule has 1 fully saturated rings. The molecule has 0 aliphatic carbocycles. The number of nitrogens with two attached hydrogens (primary N) is 4. The lowest BCUT2D eigenvalue weighted by atomic mass is 9.99. The minimum absolute atomic E-state index is 0.0342. The summed E-state index contributed by atoms with van der Waals surface area (Å²) >= 11 is 9.99. The van der Waals surface area contributed by atoms with Crippen molar-refractivity contribution in [2.24, 2.45) is 39.8 Å². The Morgan fingerprint density at radius 1 is 0.587 bits per heavy atom. The van der Waals surface area contributed by atoms with Gasteiger partial charge in [-0.1, -0.05) is 58.0 Å². The van der Waals surface area contributed by atoms with Gasteiger partial charge in [0.25, 0.3) is 0 Å². The van der Waals surface area contributed by atoms with E-state index >= 15 is 0 Å². The highest BCUT2D eigenvalue weighted by Crippen LogP contribution is 2.19. The summed E-state index contributed by atoms with van der Waals surface area (Å²) in [6, 6.07) is -3.45. The van der Waals surface area contributed by atoms with Gasteiger partial charge >= 0.3 is 5.97 Å². The van der Waals surface area contributed by atoms with E-state index in [4.69, 9.17) is 22.9 Å². The van der Waals surface area contributed by atoms with Crippen LogP contribution in [0.2, 0.25) is 0 Å². The van der Waals surface area contributed by atoms with Crippen molar-refractivity contribution in [2.75, 3.05) is 62.8 Å². The number of aliphatic imine (C=N–C) groups is 1. The van der Waals surface area contributed by atoms with E-state index in [9.17, 15) is 67.4 Å². The van der Waals surface area contributed by atoms with E-state index < -0.39 is 157 Å². The average molecular weight is 1350 g/mol. The molecule has 12 amide bonds. The van der Waals surface area contributed by atoms with Gasteiger partial charge in [0.05, 0.1) is 25.7 Å². The van der Waals surface area contributed by atoms with Crippen molar-refractivity contribution in [3.63, 3.8) is 0 Å². The number of unbranched alkanes of at least 4 members (excludes halogenated alkanes) is 1. The normalized spacial score (nSPS) is 15.7. The van der Waals surface area contributed by atoms with Gasteiger partial charge < -0.3 is 91.4 Å². The summed E-state index contributed by atoms with van der Waals surface area (Å²) < 4.78 is 0. The van der Waals surface area contributed by atoms with Gasteiger partial charge in [-0.05, 0) is 107 Å². The average Bonchev–Trinajstić information content (AvgIpc) is 1.82. The predicted molar refractivity (Wildman–Crippen MR) is 353 cm³/mol. The van der Waals surface area contributed by atoms with E-state index in [1.54, 1.807) is 58.0 Å². The molecular weight excluding hydrogens is 1250 g/mol. The third kappa shape index (κ3) is 30.8. The Balaban J connectivity index is 2.28. The number of nitrogens with zero attached hydrogens (tertiary/aromatic N) is 2. The van der Waals surface area contributed by atoms with E-state index in [-0.39, 0.29) is 93.8 Å². The van der Waals surface area contributed by atoms with E-state index in [0.29, 0.717) is 37.1 Å². The van der Waals surface area contributed by atoms with Crippen LogP contribution < -0.4 is 81.4 Å². The lowest BCUT2D eigenvalue weighted by Gasteiger charge is -2.29. The zero-order chi connectivity index (χ0) is 69.0. The maximum atomic E-state index is 14.4. The number of carboxylic acids is 1. The van der Waals surface area contributed by atoms with E-state index in [1.165, 1.54) is 23.6 Å². The molecule has 2 rings (SSSR count). The molecule has 0 aromatic heterocycles.